The number of hydrogen-bond acceptors (Lipinski definition) is 3. The molecule has 0 saturated heterocycles. The molecule has 0 spiro atoms. The van der Waals surface area contributed by atoms with Crippen LogP contribution in [0.15, 0.2) is 103 Å². The molecule has 0 aliphatic carbocycles. The van der Waals surface area contributed by atoms with Gasteiger partial charge in [0, 0.05) is 5.57 Å². The molecule has 3 rings (SSSR count). The van der Waals surface area contributed by atoms with Crippen molar-refractivity contribution in [3.8, 4) is 0 Å². The first-order chi connectivity index (χ1) is 14.7. The Bertz CT molecular complexity index is 840. The predicted octanol–water partition coefficient (Wildman–Crippen LogP) is 5.47. The normalized spacial score (nSPS) is 11.1. The summed E-state index contributed by atoms with van der Waals surface area (Å²) < 4.78 is 5.05. The monoisotopic (exact) mass is 399 g/mol. The third-order valence-electron chi connectivity index (χ3n) is 5.23. The van der Waals surface area contributed by atoms with Gasteiger partial charge in [0.15, 0.2) is 0 Å². The number of rotatable bonds is 10. The van der Waals surface area contributed by atoms with Crippen LogP contribution in [0.2, 0.25) is 0 Å². The molecule has 0 bridgehead atoms. The van der Waals surface area contributed by atoms with Crippen LogP contribution >= 0.6 is 0 Å². The molecular weight excluding hydrogens is 370 g/mol. The fourth-order valence-electron chi connectivity index (χ4n) is 3.78. The van der Waals surface area contributed by atoms with Crippen LogP contribution in [0.3, 0.4) is 0 Å². The summed E-state index contributed by atoms with van der Waals surface area (Å²) in [6, 6.07) is 31.5. The van der Waals surface area contributed by atoms with Gasteiger partial charge in [-0.15, -0.1) is 0 Å². The molecule has 0 unspecified atom stereocenters. The van der Waals surface area contributed by atoms with Gasteiger partial charge in [0.25, 0.3) is 0 Å². The lowest BCUT2D eigenvalue weighted by Crippen LogP contribution is -2.45. The van der Waals surface area contributed by atoms with Gasteiger partial charge in [-0.05, 0) is 43.0 Å². The fourth-order valence-corrected chi connectivity index (χ4v) is 3.78. The van der Waals surface area contributed by atoms with E-state index in [0.29, 0.717) is 18.6 Å². The first-order valence-electron chi connectivity index (χ1n) is 10.4. The summed E-state index contributed by atoms with van der Waals surface area (Å²) in [5.74, 6) is -0.307. The zero-order chi connectivity index (χ0) is 21.2. The molecule has 3 nitrogen and oxygen atoms in total. The van der Waals surface area contributed by atoms with Crippen molar-refractivity contribution in [3.05, 3.63) is 120 Å². The second-order valence-corrected chi connectivity index (χ2v) is 7.20. The van der Waals surface area contributed by atoms with E-state index in [4.69, 9.17) is 4.74 Å². The molecule has 0 aliphatic heterocycles. The van der Waals surface area contributed by atoms with E-state index in [1.165, 1.54) is 16.7 Å². The molecule has 3 heteroatoms. The molecule has 0 aliphatic rings. The minimum absolute atomic E-state index is 0.307. The summed E-state index contributed by atoms with van der Waals surface area (Å²) in [5, 5.41) is 3.82. The van der Waals surface area contributed by atoms with Gasteiger partial charge in [-0.3, -0.25) is 5.32 Å². The Morgan fingerprint density at radius 1 is 0.833 bits per heavy atom. The number of carbonyl (C=O) groups is 1. The van der Waals surface area contributed by atoms with E-state index in [2.05, 4.69) is 84.7 Å². The summed E-state index contributed by atoms with van der Waals surface area (Å²) >= 11 is 0. The second kappa shape index (κ2) is 10.6. The van der Waals surface area contributed by atoms with Gasteiger partial charge >= 0.3 is 5.97 Å². The van der Waals surface area contributed by atoms with Gasteiger partial charge in [0.05, 0.1) is 12.1 Å². The molecule has 0 fully saturated rings. The summed E-state index contributed by atoms with van der Waals surface area (Å²) in [5.41, 5.74) is 3.54. The van der Waals surface area contributed by atoms with E-state index in [9.17, 15) is 4.79 Å². The topological polar surface area (TPSA) is 38.3 Å². The molecule has 0 amide bonds. The largest absolute Gasteiger partial charge is 0.463 e. The molecule has 3 aromatic rings. The van der Waals surface area contributed by atoms with E-state index in [0.717, 1.165) is 13.0 Å². The molecule has 0 heterocycles. The van der Waals surface area contributed by atoms with Crippen LogP contribution in [0, 0.1) is 0 Å². The van der Waals surface area contributed by atoms with Crippen LogP contribution in [-0.4, -0.2) is 19.1 Å². The molecule has 0 radical (unpaired) electrons. The standard InChI is InChI=1S/C27H29NO2/c1-3-30-26(29)22(2)14-13-21-28-27(23-15-7-4-8-16-23,24-17-9-5-10-18-24)25-19-11-6-12-20-25/h4-12,15-20,28H,2-3,13-14,21H2,1H3. The van der Waals surface area contributed by atoms with E-state index in [-0.39, 0.29) is 5.97 Å². The van der Waals surface area contributed by atoms with Crippen molar-refractivity contribution < 1.29 is 9.53 Å². The van der Waals surface area contributed by atoms with Gasteiger partial charge in [0.1, 0.15) is 0 Å². The lowest BCUT2D eigenvalue weighted by atomic mass is 9.77. The molecule has 0 aromatic heterocycles. The minimum atomic E-state index is -0.491. The molecule has 0 saturated carbocycles. The van der Waals surface area contributed by atoms with Gasteiger partial charge in [-0.25, -0.2) is 4.79 Å². The number of hydrogen-bond donors (Lipinski definition) is 1. The van der Waals surface area contributed by atoms with Crippen LogP contribution in [0.5, 0.6) is 0 Å². The first kappa shape index (κ1) is 21.5. The Hall–Kier alpha value is -3.17. The van der Waals surface area contributed by atoms with E-state index < -0.39 is 5.54 Å². The maximum atomic E-state index is 11.9. The van der Waals surface area contributed by atoms with Crippen molar-refractivity contribution in [1.82, 2.24) is 5.32 Å². The molecular formula is C27H29NO2. The number of ether oxygens (including phenoxy) is 1. The van der Waals surface area contributed by atoms with Crippen molar-refractivity contribution in [1.29, 1.82) is 0 Å². The third kappa shape index (κ3) is 4.87. The number of nitrogens with one attached hydrogen (secondary N) is 1. The maximum absolute atomic E-state index is 11.9. The summed E-state index contributed by atoms with van der Waals surface area (Å²) in [4.78, 5) is 11.9. The Kier molecular flexibility index (Phi) is 7.58. The Morgan fingerprint density at radius 3 is 1.67 bits per heavy atom. The Labute approximate surface area is 179 Å². The van der Waals surface area contributed by atoms with Crippen molar-refractivity contribution in [2.45, 2.75) is 25.3 Å². The van der Waals surface area contributed by atoms with E-state index in [1.807, 2.05) is 18.2 Å². The molecule has 30 heavy (non-hydrogen) atoms. The van der Waals surface area contributed by atoms with Crippen molar-refractivity contribution >= 4 is 5.97 Å². The number of benzene rings is 3. The highest BCUT2D eigenvalue weighted by Gasteiger charge is 2.35. The van der Waals surface area contributed by atoms with Crippen molar-refractivity contribution in [2.24, 2.45) is 0 Å². The predicted molar refractivity (Wildman–Crippen MR) is 122 cm³/mol. The molecule has 154 valence electrons. The lowest BCUT2D eigenvalue weighted by Gasteiger charge is -2.37. The Balaban J connectivity index is 1.92. The summed E-state index contributed by atoms with van der Waals surface area (Å²) in [6.07, 6.45) is 1.38. The molecule has 3 aromatic carbocycles. The minimum Gasteiger partial charge on any atom is -0.463 e. The van der Waals surface area contributed by atoms with Crippen LogP contribution in [-0.2, 0) is 15.1 Å². The maximum Gasteiger partial charge on any atom is 0.333 e. The quantitative estimate of drug-likeness (QED) is 0.213. The van der Waals surface area contributed by atoms with Crippen LogP contribution in [0.1, 0.15) is 36.5 Å². The zero-order valence-electron chi connectivity index (χ0n) is 17.5. The summed E-state index contributed by atoms with van der Waals surface area (Å²) in [6.45, 7) is 6.78. The lowest BCUT2D eigenvalue weighted by molar-refractivity contribution is -0.138. The number of esters is 1. The van der Waals surface area contributed by atoms with Gasteiger partial charge in [-0.1, -0.05) is 97.6 Å². The Morgan fingerprint density at radius 2 is 1.27 bits per heavy atom. The highest BCUT2D eigenvalue weighted by Crippen LogP contribution is 2.36. The fraction of sp³-hybridized carbons (Fsp3) is 0.222. The molecule has 1 N–H and O–H groups in total. The SMILES string of the molecule is C=C(CCCNC(c1ccccc1)(c1ccccc1)c1ccccc1)C(=O)OCC. The highest BCUT2D eigenvalue weighted by atomic mass is 16.5. The summed E-state index contributed by atoms with van der Waals surface area (Å²) in [7, 11) is 0. The number of carbonyl (C=O) groups excluding carboxylic acids is 1. The average Bonchev–Trinajstić information content (AvgIpc) is 2.81. The van der Waals surface area contributed by atoms with E-state index >= 15 is 0 Å². The smallest absolute Gasteiger partial charge is 0.333 e. The van der Waals surface area contributed by atoms with Gasteiger partial charge in [0.2, 0.25) is 0 Å². The first-order valence-corrected chi connectivity index (χ1v) is 10.4. The highest BCUT2D eigenvalue weighted by molar-refractivity contribution is 5.87. The van der Waals surface area contributed by atoms with Crippen LogP contribution < -0.4 is 5.32 Å². The van der Waals surface area contributed by atoms with Crippen molar-refractivity contribution in [2.75, 3.05) is 13.2 Å². The zero-order valence-corrected chi connectivity index (χ0v) is 17.5. The van der Waals surface area contributed by atoms with Crippen LogP contribution in [0.25, 0.3) is 0 Å². The average molecular weight is 400 g/mol. The molecule has 0 atom stereocenters. The van der Waals surface area contributed by atoms with Crippen molar-refractivity contribution in [3.63, 3.8) is 0 Å². The second-order valence-electron chi connectivity index (χ2n) is 7.20. The van der Waals surface area contributed by atoms with Gasteiger partial charge in [-0.2, -0.15) is 0 Å². The third-order valence-corrected chi connectivity index (χ3v) is 5.23. The van der Waals surface area contributed by atoms with Crippen LogP contribution in [0.4, 0.5) is 0 Å². The van der Waals surface area contributed by atoms with E-state index in [1.54, 1.807) is 6.92 Å². The van der Waals surface area contributed by atoms with Gasteiger partial charge < -0.3 is 4.74 Å².